The lowest BCUT2D eigenvalue weighted by molar-refractivity contribution is -0.143. The number of carbonyl (C=O) groups is 2. The molecule has 3 nitrogen and oxygen atoms in total. The Labute approximate surface area is 106 Å². The van der Waals surface area contributed by atoms with Crippen molar-refractivity contribution in [3.05, 3.63) is 24.3 Å². The Hall–Kier alpha value is -1.38. The van der Waals surface area contributed by atoms with Gasteiger partial charge in [-0.1, -0.05) is 26.5 Å². The van der Waals surface area contributed by atoms with Gasteiger partial charge < -0.3 is 4.74 Å². The van der Waals surface area contributed by atoms with Crippen LogP contribution in [0.15, 0.2) is 24.3 Å². The average molecular weight is 244 g/mol. The quantitative estimate of drug-likeness (QED) is 0.483. The van der Waals surface area contributed by atoms with Crippen molar-refractivity contribution < 1.29 is 14.3 Å². The van der Waals surface area contributed by atoms with Gasteiger partial charge in [0.2, 0.25) is 0 Å². The topological polar surface area (TPSA) is 43.4 Å². The van der Waals surface area contributed by atoms with Gasteiger partial charge >= 0.3 is 5.97 Å². The maximum absolute atomic E-state index is 12.2. The van der Waals surface area contributed by atoms with E-state index >= 15 is 0 Å². The molecule has 0 bridgehead atoms. The summed E-state index contributed by atoms with van der Waals surface area (Å²) in [6.07, 6.45) is 5.39. The first-order valence-corrected chi connectivity index (χ1v) is 6.53. The zero-order valence-electron chi connectivity index (χ0n) is 10.7. The van der Waals surface area contributed by atoms with Crippen molar-refractivity contribution in [2.45, 2.75) is 32.8 Å². The van der Waals surface area contributed by atoms with Gasteiger partial charge in [0.15, 0.2) is 5.78 Å². The number of hydrogen-bond acceptors (Lipinski definition) is 3. The van der Waals surface area contributed by atoms with E-state index < -0.39 is 0 Å². The van der Waals surface area contributed by atoms with E-state index in [1.165, 1.54) is 0 Å². The normalized spacial score (nSPS) is 56.0. The molecular formula is C15H16O3. The first-order valence-electron chi connectivity index (χ1n) is 6.53. The number of fused-ring (bicyclic) bond motifs is 2. The van der Waals surface area contributed by atoms with Gasteiger partial charge in [-0.05, 0) is 24.3 Å². The summed E-state index contributed by atoms with van der Waals surface area (Å²) >= 11 is 0. The second-order valence-electron chi connectivity index (χ2n) is 6.52. The van der Waals surface area contributed by atoms with Gasteiger partial charge in [0.05, 0.1) is 0 Å². The number of rotatable bonds is 0. The SMILES string of the molecule is C=C1C(=O)O[C@H]2[C@H]1CC[C@]1(C)[C@@]3(C)C(=O)C=C[C@]213. The Morgan fingerprint density at radius 2 is 2.11 bits per heavy atom. The molecule has 3 fully saturated rings. The van der Waals surface area contributed by atoms with Gasteiger partial charge in [0.25, 0.3) is 0 Å². The Balaban J connectivity index is 1.90. The lowest BCUT2D eigenvalue weighted by Crippen LogP contribution is -2.35. The van der Waals surface area contributed by atoms with Crippen LogP contribution >= 0.6 is 0 Å². The van der Waals surface area contributed by atoms with Crippen molar-refractivity contribution in [1.29, 1.82) is 0 Å². The molecule has 0 radical (unpaired) electrons. The predicted octanol–water partition coefficient (Wildman–Crippen LogP) is 2.03. The molecule has 0 aromatic rings. The molecule has 0 aromatic carbocycles. The fraction of sp³-hybridized carbons (Fsp3) is 0.600. The fourth-order valence-electron chi connectivity index (χ4n) is 5.19. The molecule has 1 heterocycles. The summed E-state index contributed by atoms with van der Waals surface area (Å²) in [5.41, 5.74) is -0.0875. The van der Waals surface area contributed by atoms with Crippen molar-refractivity contribution >= 4 is 11.8 Å². The minimum atomic E-state index is -0.371. The molecule has 2 saturated carbocycles. The maximum atomic E-state index is 12.2. The third kappa shape index (κ3) is 0.670. The van der Waals surface area contributed by atoms with Gasteiger partial charge in [-0.2, -0.15) is 0 Å². The molecule has 4 aliphatic rings. The van der Waals surface area contributed by atoms with Crippen molar-refractivity contribution in [2.24, 2.45) is 22.2 Å². The number of allylic oxidation sites excluding steroid dienone is 1. The largest absolute Gasteiger partial charge is 0.457 e. The molecule has 1 saturated heterocycles. The van der Waals surface area contributed by atoms with Crippen LogP contribution in [0.1, 0.15) is 26.7 Å². The monoisotopic (exact) mass is 244 g/mol. The van der Waals surface area contributed by atoms with E-state index in [1.807, 2.05) is 13.0 Å². The van der Waals surface area contributed by atoms with Crippen LogP contribution in [-0.4, -0.2) is 17.9 Å². The summed E-state index contributed by atoms with van der Waals surface area (Å²) in [5.74, 6) is 0.0211. The number of ether oxygens (including phenoxy) is 1. The second-order valence-corrected chi connectivity index (χ2v) is 6.52. The van der Waals surface area contributed by atoms with E-state index in [2.05, 4.69) is 13.5 Å². The van der Waals surface area contributed by atoms with E-state index in [0.29, 0.717) is 5.57 Å². The molecular weight excluding hydrogens is 228 g/mol. The summed E-state index contributed by atoms with van der Waals surface area (Å²) in [6, 6.07) is 0. The van der Waals surface area contributed by atoms with Crippen LogP contribution in [0.2, 0.25) is 0 Å². The Morgan fingerprint density at radius 1 is 1.39 bits per heavy atom. The zero-order chi connectivity index (χ0) is 12.9. The van der Waals surface area contributed by atoms with Crippen molar-refractivity contribution in [2.75, 3.05) is 0 Å². The number of carbonyl (C=O) groups excluding carboxylic acids is 2. The molecule has 3 heteroatoms. The third-order valence-corrected chi connectivity index (χ3v) is 6.49. The van der Waals surface area contributed by atoms with Gasteiger partial charge in [-0.15, -0.1) is 0 Å². The van der Waals surface area contributed by atoms with Gasteiger partial charge in [-0.3, -0.25) is 4.79 Å². The van der Waals surface area contributed by atoms with Crippen molar-refractivity contribution in [1.82, 2.24) is 0 Å². The lowest BCUT2D eigenvalue weighted by Gasteiger charge is -2.33. The summed E-state index contributed by atoms with van der Waals surface area (Å²) in [5, 5.41) is 0. The number of hydrogen-bond donors (Lipinski definition) is 0. The van der Waals surface area contributed by atoms with Crippen LogP contribution in [0.25, 0.3) is 0 Å². The standard InChI is InChI=1S/C15H16O3/c1-8-9-4-6-13(2)14(3)10(16)5-7-15(13,14)11(9)18-12(8)17/h5,7,9,11H,1,4,6H2,2-3H3/t9-,11-,13+,14+,15-/m0/s1. The molecule has 3 aliphatic carbocycles. The third-order valence-electron chi connectivity index (χ3n) is 6.49. The van der Waals surface area contributed by atoms with Crippen molar-refractivity contribution in [3.63, 3.8) is 0 Å². The number of ketones is 1. The molecule has 0 N–H and O–H groups in total. The molecule has 18 heavy (non-hydrogen) atoms. The second kappa shape index (κ2) is 2.49. The van der Waals surface area contributed by atoms with Gasteiger partial charge in [0.1, 0.15) is 6.10 Å². The highest BCUT2D eigenvalue weighted by atomic mass is 16.6. The highest BCUT2D eigenvalue weighted by Gasteiger charge is 2.90. The minimum Gasteiger partial charge on any atom is -0.457 e. The summed E-state index contributed by atoms with van der Waals surface area (Å²) in [4.78, 5) is 24.0. The van der Waals surface area contributed by atoms with Crippen LogP contribution in [0.3, 0.4) is 0 Å². The average Bonchev–Trinajstić information content (AvgIpc) is 2.56. The van der Waals surface area contributed by atoms with Crippen LogP contribution in [0, 0.1) is 22.2 Å². The first-order chi connectivity index (χ1) is 8.40. The van der Waals surface area contributed by atoms with Crippen LogP contribution in [-0.2, 0) is 14.3 Å². The lowest BCUT2D eigenvalue weighted by atomic mass is 9.71. The van der Waals surface area contributed by atoms with Gasteiger partial charge in [0, 0.05) is 22.3 Å². The maximum Gasteiger partial charge on any atom is 0.334 e. The van der Waals surface area contributed by atoms with Crippen molar-refractivity contribution in [3.8, 4) is 0 Å². The first kappa shape index (κ1) is 10.5. The Bertz CT molecular complexity index is 560. The molecule has 0 aromatic heterocycles. The fourth-order valence-corrected chi connectivity index (χ4v) is 5.19. The molecule has 1 aliphatic heterocycles. The smallest absolute Gasteiger partial charge is 0.334 e. The van der Waals surface area contributed by atoms with Crippen LogP contribution in [0.5, 0.6) is 0 Å². The minimum absolute atomic E-state index is 0.0437. The molecule has 1 spiro atoms. The highest BCUT2D eigenvalue weighted by molar-refractivity contribution is 6.04. The van der Waals surface area contributed by atoms with E-state index in [-0.39, 0.29) is 40.0 Å². The number of esters is 1. The van der Waals surface area contributed by atoms with Crippen LogP contribution < -0.4 is 0 Å². The van der Waals surface area contributed by atoms with Gasteiger partial charge in [-0.25, -0.2) is 4.79 Å². The molecule has 5 atom stereocenters. The summed E-state index contributed by atoms with van der Waals surface area (Å²) < 4.78 is 5.57. The molecule has 94 valence electrons. The van der Waals surface area contributed by atoms with E-state index in [1.54, 1.807) is 6.08 Å². The highest BCUT2D eigenvalue weighted by Crippen LogP contribution is 2.87. The molecule has 0 amide bonds. The Morgan fingerprint density at radius 3 is 2.83 bits per heavy atom. The predicted molar refractivity (Wildman–Crippen MR) is 64.5 cm³/mol. The summed E-state index contributed by atoms with van der Waals surface area (Å²) in [6.45, 7) is 8.06. The zero-order valence-corrected chi connectivity index (χ0v) is 10.7. The summed E-state index contributed by atoms with van der Waals surface area (Å²) in [7, 11) is 0. The van der Waals surface area contributed by atoms with Crippen LogP contribution in [0.4, 0.5) is 0 Å². The van der Waals surface area contributed by atoms with E-state index in [9.17, 15) is 9.59 Å². The molecule has 0 unspecified atom stereocenters. The van der Waals surface area contributed by atoms with E-state index in [4.69, 9.17) is 4.74 Å². The molecule has 4 rings (SSSR count). The Kier molecular flexibility index (Phi) is 1.46. The van der Waals surface area contributed by atoms with E-state index in [0.717, 1.165) is 12.8 Å².